The van der Waals surface area contributed by atoms with Gasteiger partial charge in [-0.05, 0) is 27.2 Å². The maximum Gasteiger partial charge on any atom is 0.323 e. The van der Waals surface area contributed by atoms with Crippen LogP contribution in [0.4, 0.5) is 8.78 Å². The van der Waals surface area contributed by atoms with Crippen molar-refractivity contribution >= 4 is 5.97 Å². The molecule has 4 nitrogen and oxygen atoms in total. The third-order valence-electron chi connectivity index (χ3n) is 2.07. The molecule has 0 aromatic rings. The van der Waals surface area contributed by atoms with Gasteiger partial charge in [-0.2, -0.15) is 0 Å². The molecule has 6 heteroatoms. The second-order valence-electron chi connectivity index (χ2n) is 4.15. The zero-order chi connectivity index (χ0) is 12.8. The molecule has 96 valence electrons. The third-order valence-corrected chi connectivity index (χ3v) is 2.07. The number of nitrogens with one attached hydrogen (secondary N) is 1. The molecule has 1 atom stereocenters. The fourth-order valence-electron chi connectivity index (χ4n) is 1.33. The van der Waals surface area contributed by atoms with Crippen molar-refractivity contribution in [3.63, 3.8) is 0 Å². The van der Waals surface area contributed by atoms with E-state index in [9.17, 15) is 13.6 Å². The van der Waals surface area contributed by atoms with E-state index >= 15 is 0 Å². The Labute approximate surface area is 94.0 Å². The van der Waals surface area contributed by atoms with Crippen LogP contribution in [0.15, 0.2) is 0 Å². The van der Waals surface area contributed by atoms with Gasteiger partial charge < -0.3 is 9.84 Å². The van der Waals surface area contributed by atoms with Gasteiger partial charge in [0.05, 0.1) is 0 Å². The predicted octanol–water partition coefficient (Wildman–Crippen LogP) is 1.50. The molecule has 0 rings (SSSR count). The van der Waals surface area contributed by atoms with Crippen LogP contribution in [0, 0.1) is 0 Å². The van der Waals surface area contributed by atoms with Crippen molar-refractivity contribution in [2.24, 2.45) is 0 Å². The van der Waals surface area contributed by atoms with Crippen molar-refractivity contribution in [1.29, 1.82) is 0 Å². The standard InChI is InChI=1S/C10H19F2NO3/c1-7(2)13-10(3,9(14)15)4-5-16-6-8(11)12/h7-8,13H,4-6H2,1-3H3,(H,14,15). The third kappa shape index (κ3) is 5.97. The normalized spacial score (nSPS) is 15.4. The Kier molecular flexibility index (Phi) is 6.43. The first-order valence-electron chi connectivity index (χ1n) is 5.15. The monoisotopic (exact) mass is 239 g/mol. The highest BCUT2D eigenvalue weighted by Crippen LogP contribution is 2.12. The number of carboxylic acid groups (broad SMARTS) is 1. The van der Waals surface area contributed by atoms with Gasteiger partial charge in [0.25, 0.3) is 6.43 Å². The first-order valence-corrected chi connectivity index (χ1v) is 5.15. The van der Waals surface area contributed by atoms with E-state index in [0.717, 1.165) is 0 Å². The number of aliphatic carboxylic acids is 1. The molecule has 0 saturated carbocycles. The van der Waals surface area contributed by atoms with Crippen LogP contribution in [-0.4, -0.2) is 42.3 Å². The Morgan fingerprint density at radius 2 is 2.06 bits per heavy atom. The second kappa shape index (κ2) is 6.75. The lowest BCUT2D eigenvalue weighted by Crippen LogP contribution is -2.53. The van der Waals surface area contributed by atoms with Crippen LogP contribution >= 0.6 is 0 Å². The van der Waals surface area contributed by atoms with Crippen LogP contribution in [0.2, 0.25) is 0 Å². The van der Waals surface area contributed by atoms with Crippen molar-refractivity contribution in [2.45, 2.75) is 45.2 Å². The van der Waals surface area contributed by atoms with E-state index in [0.29, 0.717) is 0 Å². The van der Waals surface area contributed by atoms with E-state index in [1.165, 1.54) is 6.92 Å². The summed E-state index contributed by atoms with van der Waals surface area (Å²) in [6.45, 7) is 4.49. The van der Waals surface area contributed by atoms with Gasteiger partial charge in [0.15, 0.2) is 0 Å². The van der Waals surface area contributed by atoms with Gasteiger partial charge in [-0.25, -0.2) is 8.78 Å². The maximum absolute atomic E-state index is 11.8. The number of rotatable bonds is 8. The minimum absolute atomic E-state index is 0.00352. The first-order chi connectivity index (χ1) is 7.28. The topological polar surface area (TPSA) is 58.6 Å². The summed E-state index contributed by atoms with van der Waals surface area (Å²) in [4.78, 5) is 11.0. The van der Waals surface area contributed by atoms with Crippen molar-refractivity contribution in [3.05, 3.63) is 0 Å². The van der Waals surface area contributed by atoms with E-state index in [-0.39, 0.29) is 19.1 Å². The number of carbonyl (C=O) groups is 1. The molecule has 0 aromatic carbocycles. The summed E-state index contributed by atoms with van der Waals surface area (Å²) in [7, 11) is 0. The summed E-state index contributed by atoms with van der Waals surface area (Å²) in [5.41, 5.74) is -1.14. The number of ether oxygens (including phenoxy) is 1. The molecular formula is C10H19F2NO3. The maximum atomic E-state index is 11.8. The van der Waals surface area contributed by atoms with Crippen molar-refractivity contribution in [2.75, 3.05) is 13.2 Å². The van der Waals surface area contributed by atoms with Crippen LogP contribution < -0.4 is 5.32 Å². The van der Waals surface area contributed by atoms with Crippen LogP contribution in [0.3, 0.4) is 0 Å². The minimum Gasteiger partial charge on any atom is -0.480 e. The van der Waals surface area contributed by atoms with Crippen LogP contribution in [0.5, 0.6) is 0 Å². The van der Waals surface area contributed by atoms with Crippen molar-refractivity contribution < 1.29 is 23.4 Å². The predicted molar refractivity (Wildman–Crippen MR) is 55.8 cm³/mol. The highest BCUT2D eigenvalue weighted by atomic mass is 19.3. The molecule has 0 aromatic heterocycles. The fourth-order valence-corrected chi connectivity index (χ4v) is 1.33. The number of hydrogen-bond donors (Lipinski definition) is 2. The highest BCUT2D eigenvalue weighted by Gasteiger charge is 2.33. The number of alkyl halides is 2. The smallest absolute Gasteiger partial charge is 0.323 e. The second-order valence-corrected chi connectivity index (χ2v) is 4.15. The lowest BCUT2D eigenvalue weighted by atomic mass is 9.97. The molecular weight excluding hydrogens is 220 g/mol. The molecule has 0 aliphatic carbocycles. The lowest BCUT2D eigenvalue weighted by molar-refractivity contribution is -0.145. The Morgan fingerprint density at radius 3 is 2.44 bits per heavy atom. The highest BCUT2D eigenvalue weighted by molar-refractivity contribution is 5.78. The van der Waals surface area contributed by atoms with Gasteiger partial charge in [0.1, 0.15) is 12.1 Å². The van der Waals surface area contributed by atoms with Gasteiger partial charge in [-0.1, -0.05) is 0 Å². The molecule has 0 aliphatic heterocycles. The molecule has 0 spiro atoms. The Morgan fingerprint density at radius 1 is 1.50 bits per heavy atom. The molecule has 0 heterocycles. The molecule has 2 N–H and O–H groups in total. The largest absolute Gasteiger partial charge is 0.480 e. The Balaban J connectivity index is 4.08. The van der Waals surface area contributed by atoms with Crippen LogP contribution in [0.1, 0.15) is 27.2 Å². The van der Waals surface area contributed by atoms with Gasteiger partial charge in [0.2, 0.25) is 0 Å². The molecule has 16 heavy (non-hydrogen) atoms. The van der Waals surface area contributed by atoms with E-state index in [2.05, 4.69) is 10.1 Å². The Hall–Kier alpha value is -0.750. The zero-order valence-electron chi connectivity index (χ0n) is 9.80. The number of carboxylic acids is 1. The Bertz CT molecular complexity index is 224. The molecule has 0 fully saturated rings. The van der Waals surface area contributed by atoms with Gasteiger partial charge >= 0.3 is 5.97 Å². The van der Waals surface area contributed by atoms with E-state index in [1.807, 2.05) is 13.8 Å². The minimum atomic E-state index is -2.52. The molecule has 0 radical (unpaired) electrons. The average Bonchev–Trinajstić information content (AvgIpc) is 2.10. The molecule has 0 bridgehead atoms. The van der Waals surface area contributed by atoms with Gasteiger partial charge in [0, 0.05) is 12.6 Å². The van der Waals surface area contributed by atoms with Crippen molar-refractivity contribution in [3.8, 4) is 0 Å². The van der Waals surface area contributed by atoms with E-state index < -0.39 is 24.5 Å². The lowest BCUT2D eigenvalue weighted by Gasteiger charge is -2.28. The summed E-state index contributed by atoms with van der Waals surface area (Å²) in [5.74, 6) is -1.01. The van der Waals surface area contributed by atoms with Crippen LogP contribution in [-0.2, 0) is 9.53 Å². The average molecular weight is 239 g/mol. The number of halogens is 2. The fraction of sp³-hybridized carbons (Fsp3) is 0.900. The zero-order valence-corrected chi connectivity index (χ0v) is 9.80. The number of hydrogen-bond acceptors (Lipinski definition) is 3. The summed E-state index contributed by atoms with van der Waals surface area (Å²) in [5, 5.41) is 11.9. The summed E-state index contributed by atoms with van der Waals surface area (Å²) in [6.07, 6.45) is -2.37. The molecule has 1 unspecified atom stereocenters. The molecule has 0 saturated heterocycles. The summed E-state index contributed by atoms with van der Waals surface area (Å²) < 4.78 is 28.2. The van der Waals surface area contributed by atoms with Crippen LogP contribution in [0.25, 0.3) is 0 Å². The van der Waals surface area contributed by atoms with Crippen molar-refractivity contribution in [1.82, 2.24) is 5.32 Å². The summed E-state index contributed by atoms with van der Waals surface area (Å²) >= 11 is 0. The van der Waals surface area contributed by atoms with Gasteiger partial charge in [-0.15, -0.1) is 0 Å². The molecule has 0 aliphatic rings. The summed E-state index contributed by atoms with van der Waals surface area (Å²) in [6, 6.07) is -0.00352. The quantitative estimate of drug-likeness (QED) is 0.630. The van der Waals surface area contributed by atoms with E-state index in [1.54, 1.807) is 0 Å². The SMILES string of the molecule is CC(C)NC(C)(CCOCC(F)F)C(=O)O. The first kappa shape index (κ1) is 15.2. The molecule has 0 amide bonds. The van der Waals surface area contributed by atoms with E-state index in [4.69, 9.17) is 5.11 Å². The van der Waals surface area contributed by atoms with Gasteiger partial charge in [-0.3, -0.25) is 10.1 Å².